The van der Waals surface area contributed by atoms with Gasteiger partial charge in [-0.3, -0.25) is 9.20 Å². The van der Waals surface area contributed by atoms with Crippen molar-refractivity contribution in [3.63, 3.8) is 0 Å². The molecule has 0 N–H and O–H groups in total. The summed E-state index contributed by atoms with van der Waals surface area (Å²) in [4.78, 5) is 15.0. The highest BCUT2D eigenvalue weighted by atomic mass is 32.2. The molecule has 0 aliphatic carbocycles. The van der Waals surface area contributed by atoms with Gasteiger partial charge in [0.05, 0.1) is 11.3 Å². The van der Waals surface area contributed by atoms with Crippen LogP contribution in [0, 0.1) is 20.8 Å². The summed E-state index contributed by atoms with van der Waals surface area (Å²) in [5.74, 6) is 0.599. The minimum absolute atomic E-state index is 0.200. The molecule has 1 saturated heterocycles. The Bertz CT molecular complexity index is 1050. The number of hydrogen-bond donors (Lipinski definition) is 0. The van der Waals surface area contributed by atoms with Crippen molar-refractivity contribution in [3.8, 4) is 0 Å². The lowest BCUT2D eigenvalue weighted by Crippen LogP contribution is -2.48. The predicted molar refractivity (Wildman–Crippen MR) is 115 cm³/mol. The van der Waals surface area contributed by atoms with Gasteiger partial charge in [0.1, 0.15) is 0 Å². The molecule has 28 heavy (non-hydrogen) atoms. The van der Waals surface area contributed by atoms with Crippen LogP contribution in [0.25, 0.3) is 16.6 Å². The SMILES string of the molecule is Cc1ccc2cc(C)c3nnc(SCC(=O)N4C(C)CCCC4C)n3c2c1C. The molecule has 4 rings (SSSR count). The Hall–Kier alpha value is -2.08. The number of nitrogens with zero attached hydrogens (tertiary/aromatic N) is 4. The van der Waals surface area contributed by atoms with E-state index in [1.165, 1.54) is 34.7 Å². The Kier molecular flexibility index (Phi) is 5.08. The molecule has 1 aliphatic heterocycles. The molecule has 6 heteroatoms. The van der Waals surface area contributed by atoms with E-state index >= 15 is 0 Å². The third-order valence-corrected chi connectivity index (χ3v) is 7.03. The summed E-state index contributed by atoms with van der Waals surface area (Å²) in [6, 6.07) is 7.12. The fourth-order valence-corrected chi connectivity index (χ4v) is 5.27. The summed E-state index contributed by atoms with van der Waals surface area (Å²) in [5, 5.41) is 10.8. The molecule has 1 amide bonds. The van der Waals surface area contributed by atoms with Crippen molar-refractivity contribution in [2.75, 3.05) is 5.75 Å². The molecule has 1 fully saturated rings. The molecule has 5 nitrogen and oxygen atoms in total. The molecule has 0 radical (unpaired) electrons. The number of rotatable bonds is 3. The number of pyridine rings is 1. The number of thioether (sulfide) groups is 1. The molecule has 2 unspecified atom stereocenters. The second-order valence-corrected chi connectivity index (χ2v) is 9.08. The Labute approximate surface area is 170 Å². The van der Waals surface area contributed by atoms with Crippen LogP contribution in [-0.2, 0) is 4.79 Å². The highest BCUT2D eigenvalue weighted by Crippen LogP contribution is 2.30. The maximum atomic E-state index is 12.9. The predicted octanol–water partition coefficient (Wildman–Crippen LogP) is 4.69. The van der Waals surface area contributed by atoms with Gasteiger partial charge in [-0.25, -0.2) is 0 Å². The second-order valence-electron chi connectivity index (χ2n) is 8.13. The van der Waals surface area contributed by atoms with Crippen LogP contribution in [0.4, 0.5) is 0 Å². The van der Waals surface area contributed by atoms with Gasteiger partial charge in [-0.05, 0) is 82.0 Å². The quantitative estimate of drug-likeness (QED) is 0.603. The minimum atomic E-state index is 0.200. The highest BCUT2D eigenvalue weighted by Gasteiger charge is 2.29. The van der Waals surface area contributed by atoms with Crippen molar-refractivity contribution in [1.82, 2.24) is 19.5 Å². The van der Waals surface area contributed by atoms with E-state index in [2.05, 4.69) is 72.3 Å². The monoisotopic (exact) mass is 396 g/mol. The van der Waals surface area contributed by atoms with E-state index in [0.29, 0.717) is 17.8 Å². The van der Waals surface area contributed by atoms with Gasteiger partial charge in [0.2, 0.25) is 5.91 Å². The Morgan fingerprint density at radius 2 is 1.82 bits per heavy atom. The van der Waals surface area contributed by atoms with Crippen LogP contribution >= 0.6 is 11.8 Å². The molecule has 148 valence electrons. The largest absolute Gasteiger partial charge is 0.337 e. The summed E-state index contributed by atoms with van der Waals surface area (Å²) in [6.45, 7) is 10.7. The van der Waals surface area contributed by atoms with Crippen LogP contribution in [0.2, 0.25) is 0 Å². The zero-order valence-corrected chi connectivity index (χ0v) is 18.1. The number of carbonyl (C=O) groups is 1. The Morgan fingerprint density at radius 1 is 1.11 bits per heavy atom. The van der Waals surface area contributed by atoms with Crippen molar-refractivity contribution in [1.29, 1.82) is 0 Å². The van der Waals surface area contributed by atoms with E-state index in [-0.39, 0.29) is 5.91 Å². The molecule has 0 bridgehead atoms. The van der Waals surface area contributed by atoms with Crippen LogP contribution in [0.3, 0.4) is 0 Å². The topological polar surface area (TPSA) is 50.5 Å². The fraction of sp³-hybridized carbons (Fsp3) is 0.500. The Morgan fingerprint density at radius 3 is 2.54 bits per heavy atom. The molecular formula is C22H28N4OS. The standard InChI is InChI=1S/C22H28N4OS/c1-13-9-10-18-11-14(2)21-23-24-22(26(21)20(18)17(13)5)28-12-19(27)25-15(3)7-6-8-16(25)4/h9-11,15-16H,6-8,12H2,1-5H3. The molecule has 2 atom stereocenters. The fourth-order valence-electron chi connectivity index (χ4n) is 4.47. The van der Waals surface area contributed by atoms with Crippen LogP contribution in [0.1, 0.15) is 49.8 Å². The third kappa shape index (κ3) is 3.17. The van der Waals surface area contributed by atoms with Crippen molar-refractivity contribution in [2.45, 2.75) is 71.1 Å². The number of hydrogen-bond acceptors (Lipinski definition) is 4. The molecule has 0 spiro atoms. The van der Waals surface area contributed by atoms with E-state index < -0.39 is 0 Å². The number of piperidine rings is 1. The Balaban J connectivity index is 1.70. The maximum absolute atomic E-state index is 12.9. The third-order valence-electron chi connectivity index (χ3n) is 6.12. The molecule has 0 saturated carbocycles. The van der Waals surface area contributed by atoms with Gasteiger partial charge in [-0.2, -0.15) is 0 Å². The maximum Gasteiger partial charge on any atom is 0.233 e. The number of fused-ring (bicyclic) bond motifs is 3. The van der Waals surface area contributed by atoms with E-state index in [1.54, 1.807) is 0 Å². The number of amides is 1. The molecule has 1 aromatic carbocycles. The lowest BCUT2D eigenvalue weighted by Gasteiger charge is -2.39. The summed E-state index contributed by atoms with van der Waals surface area (Å²) < 4.78 is 2.13. The van der Waals surface area contributed by atoms with Crippen molar-refractivity contribution in [3.05, 3.63) is 34.9 Å². The van der Waals surface area contributed by atoms with Crippen molar-refractivity contribution in [2.24, 2.45) is 0 Å². The normalized spacial score (nSPS) is 20.2. The first-order valence-corrected chi connectivity index (χ1v) is 11.1. The van der Waals surface area contributed by atoms with Gasteiger partial charge < -0.3 is 4.90 Å². The number of aryl methyl sites for hydroxylation is 3. The second kappa shape index (κ2) is 7.39. The molecular weight excluding hydrogens is 368 g/mol. The summed E-state index contributed by atoms with van der Waals surface area (Å²) in [6.07, 6.45) is 3.39. The molecule has 3 aromatic rings. The van der Waals surface area contributed by atoms with E-state index in [0.717, 1.165) is 34.7 Å². The number of aromatic nitrogens is 3. The number of benzene rings is 1. The molecule has 1 aliphatic rings. The zero-order chi connectivity index (χ0) is 20.0. The van der Waals surface area contributed by atoms with Crippen molar-refractivity contribution >= 4 is 34.2 Å². The van der Waals surface area contributed by atoms with Gasteiger partial charge in [0.25, 0.3) is 0 Å². The van der Waals surface area contributed by atoms with Gasteiger partial charge in [0.15, 0.2) is 10.8 Å². The summed E-state index contributed by atoms with van der Waals surface area (Å²) in [7, 11) is 0. The number of likely N-dealkylation sites (tertiary alicyclic amines) is 1. The van der Waals surface area contributed by atoms with Gasteiger partial charge in [-0.15, -0.1) is 10.2 Å². The van der Waals surface area contributed by atoms with E-state index in [9.17, 15) is 4.79 Å². The van der Waals surface area contributed by atoms with Gasteiger partial charge >= 0.3 is 0 Å². The molecule has 2 aromatic heterocycles. The average Bonchev–Trinajstić information content (AvgIpc) is 3.07. The molecule has 3 heterocycles. The smallest absolute Gasteiger partial charge is 0.233 e. The first-order valence-electron chi connectivity index (χ1n) is 10.1. The summed E-state index contributed by atoms with van der Waals surface area (Å²) in [5.41, 5.74) is 5.58. The van der Waals surface area contributed by atoms with Crippen molar-refractivity contribution < 1.29 is 4.79 Å². The lowest BCUT2D eigenvalue weighted by molar-refractivity contribution is -0.134. The minimum Gasteiger partial charge on any atom is -0.337 e. The average molecular weight is 397 g/mol. The lowest BCUT2D eigenvalue weighted by atomic mass is 9.98. The van der Waals surface area contributed by atoms with Gasteiger partial charge in [0, 0.05) is 12.1 Å². The number of carbonyl (C=O) groups excluding carboxylic acids is 1. The van der Waals surface area contributed by atoms with Crippen LogP contribution in [0.5, 0.6) is 0 Å². The summed E-state index contributed by atoms with van der Waals surface area (Å²) >= 11 is 1.50. The van der Waals surface area contributed by atoms with Gasteiger partial charge in [-0.1, -0.05) is 23.9 Å². The van der Waals surface area contributed by atoms with Crippen LogP contribution in [0.15, 0.2) is 23.4 Å². The zero-order valence-electron chi connectivity index (χ0n) is 17.3. The van der Waals surface area contributed by atoms with Crippen LogP contribution < -0.4 is 0 Å². The van der Waals surface area contributed by atoms with Crippen LogP contribution in [-0.4, -0.2) is 43.2 Å². The highest BCUT2D eigenvalue weighted by molar-refractivity contribution is 7.99. The first-order chi connectivity index (χ1) is 13.4. The first kappa shape index (κ1) is 19.2. The van der Waals surface area contributed by atoms with E-state index in [4.69, 9.17) is 0 Å². The van der Waals surface area contributed by atoms with E-state index in [1.807, 2.05) is 0 Å².